The summed E-state index contributed by atoms with van der Waals surface area (Å²) < 4.78 is 76.1. The fraction of sp³-hybridized carbons (Fsp3) is 0.375. The maximum Gasteiger partial charge on any atom is 0.573 e. The number of hydrogen-bond acceptors (Lipinski definition) is 2. The molecule has 0 radical (unpaired) electrons. The first-order valence-corrected chi connectivity index (χ1v) is 4.73. The maximum absolute atomic E-state index is 12.5. The molecule has 1 N–H and O–H groups in total. The van der Waals surface area contributed by atoms with E-state index in [-0.39, 0.29) is 6.07 Å². The Morgan fingerprint density at radius 3 is 2.17 bits per heavy atom. The van der Waals surface area contributed by atoms with Gasteiger partial charge in [-0.3, -0.25) is 4.79 Å². The van der Waals surface area contributed by atoms with Gasteiger partial charge in [0.15, 0.2) is 5.75 Å². The third kappa shape index (κ3) is 3.56. The van der Waals surface area contributed by atoms with Crippen molar-refractivity contribution >= 4 is 11.6 Å². The van der Waals surface area contributed by atoms with Crippen molar-refractivity contribution in [3.8, 4) is 5.75 Å². The van der Waals surface area contributed by atoms with Crippen LogP contribution in [-0.4, -0.2) is 11.3 Å². The van der Waals surface area contributed by atoms with Gasteiger partial charge in [0.05, 0.1) is 11.4 Å². The Morgan fingerprint density at radius 2 is 1.78 bits per heavy atom. The van der Waals surface area contributed by atoms with E-state index in [0.717, 1.165) is 0 Å². The van der Waals surface area contributed by atoms with E-state index in [1.165, 1.54) is 0 Å². The Hall–Kier alpha value is -1.38. The predicted octanol–water partition coefficient (Wildman–Crippen LogP) is 3.03. The number of alkyl halides is 7. The third-order valence-electron chi connectivity index (χ3n) is 1.75. The van der Waals surface area contributed by atoms with Gasteiger partial charge in [0.25, 0.3) is 5.56 Å². The number of aromatic amines is 1. The Kier molecular flexibility index (Phi) is 3.84. The fourth-order valence-corrected chi connectivity index (χ4v) is 1.32. The monoisotopic (exact) mass is 295 g/mol. The van der Waals surface area contributed by atoms with Gasteiger partial charge in [-0.15, -0.1) is 24.8 Å². The van der Waals surface area contributed by atoms with Crippen molar-refractivity contribution in [2.75, 3.05) is 0 Å². The molecule has 0 bridgehead atoms. The van der Waals surface area contributed by atoms with Crippen molar-refractivity contribution in [1.82, 2.24) is 4.98 Å². The minimum atomic E-state index is -5.27. The molecule has 18 heavy (non-hydrogen) atoms. The van der Waals surface area contributed by atoms with Crippen molar-refractivity contribution in [2.24, 2.45) is 0 Å². The van der Waals surface area contributed by atoms with E-state index in [4.69, 9.17) is 11.6 Å². The first-order valence-electron chi connectivity index (χ1n) is 4.19. The summed E-state index contributed by atoms with van der Waals surface area (Å²) in [6, 6.07) is -0.0377. The van der Waals surface area contributed by atoms with Gasteiger partial charge in [0.1, 0.15) is 0 Å². The van der Waals surface area contributed by atoms with E-state index in [1.54, 1.807) is 4.98 Å². The van der Waals surface area contributed by atoms with E-state index in [2.05, 4.69) is 4.74 Å². The summed E-state index contributed by atoms with van der Waals surface area (Å²) in [6.07, 6.45) is -10.2. The van der Waals surface area contributed by atoms with Gasteiger partial charge < -0.3 is 9.72 Å². The molecule has 0 spiro atoms. The molecule has 0 amide bonds. The van der Waals surface area contributed by atoms with Crippen LogP contribution in [0.4, 0.5) is 26.3 Å². The molecule has 1 aromatic rings. The van der Waals surface area contributed by atoms with Crippen LogP contribution in [0.3, 0.4) is 0 Å². The smallest absolute Gasteiger partial charge is 0.400 e. The second kappa shape index (κ2) is 4.71. The Bertz CT molecular complexity index is 492. The largest absolute Gasteiger partial charge is 0.573 e. The lowest BCUT2D eigenvalue weighted by atomic mass is 10.2. The van der Waals surface area contributed by atoms with Gasteiger partial charge in [0.2, 0.25) is 0 Å². The van der Waals surface area contributed by atoms with Crippen LogP contribution in [-0.2, 0) is 12.1 Å². The summed E-state index contributed by atoms with van der Waals surface area (Å²) in [5.74, 6) is -2.21. The highest BCUT2D eigenvalue weighted by atomic mass is 35.5. The molecule has 102 valence electrons. The van der Waals surface area contributed by atoms with E-state index in [0.29, 0.717) is 0 Å². The van der Waals surface area contributed by atoms with E-state index >= 15 is 0 Å². The van der Waals surface area contributed by atoms with Crippen LogP contribution in [0.25, 0.3) is 0 Å². The van der Waals surface area contributed by atoms with Crippen LogP contribution in [0.1, 0.15) is 11.3 Å². The lowest BCUT2D eigenvalue weighted by molar-refractivity contribution is -0.275. The zero-order valence-electron chi connectivity index (χ0n) is 8.25. The molecule has 0 aliphatic carbocycles. The van der Waals surface area contributed by atoms with Crippen molar-refractivity contribution < 1.29 is 31.1 Å². The summed E-state index contributed by atoms with van der Waals surface area (Å²) >= 11 is 5.16. The summed E-state index contributed by atoms with van der Waals surface area (Å²) in [7, 11) is 0. The molecular weight excluding hydrogens is 292 g/mol. The third-order valence-corrected chi connectivity index (χ3v) is 2.02. The highest BCUT2D eigenvalue weighted by Crippen LogP contribution is 2.33. The van der Waals surface area contributed by atoms with Crippen LogP contribution < -0.4 is 10.3 Å². The van der Waals surface area contributed by atoms with Gasteiger partial charge in [0, 0.05) is 11.8 Å². The van der Waals surface area contributed by atoms with E-state index < -0.39 is 41.0 Å². The average Bonchev–Trinajstić information content (AvgIpc) is 2.16. The molecule has 0 aliphatic heterocycles. The molecule has 1 rings (SSSR count). The van der Waals surface area contributed by atoms with Crippen molar-refractivity contribution in [3.63, 3.8) is 0 Å². The standard InChI is InChI=1S/C8H4ClF6NO2/c9-2-4-3(7(10,11)12)1-5(6(17)16-4)18-8(13,14)15/h1H,2H2,(H,16,17). The second-order valence-corrected chi connectivity index (χ2v) is 3.30. The molecule has 0 aromatic carbocycles. The Morgan fingerprint density at radius 1 is 1.22 bits per heavy atom. The number of nitrogens with one attached hydrogen (secondary N) is 1. The predicted molar refractivity (Wildman–Crippen MR) is 48.3 cm³/mol. The molecule has 0 saturated carbocycles. The molecule has 3 nitrogen and oxygen atoms in total. The van der Waals surface area contributed by atoms with E-state index in [1.807, 2.05) is 0 Å². The molecule has 1 aromatic heterocycles. The van der Waals surface area contributed by atoms with Crippen LogP contribution in [0.5, 0.6) is 5.75 Å². The SMILES string of the molecule is O=c1[nH]c(CCl)c(C(F)(F)F)cc1OC(F)(F)F. The van der Waals surface area contributed by atoms with Gasteiger partial charge in [-0.1, -0.05) is 0 Å². The van der Waals surface area contributed by atoms with Crippen molar-refractivity contribution in [3.05, 3.63) is 27.7 Å². The quantitative estimate of drug-likeness (QED) is 0.673. The molecule has 10 heteroatoms. The van der Waals surface area contributed by atoms with Gasteiger partial charge in [-0.25, -0.2) is 0 Å². The number of hydrogen-bond donors (Lipinski definition) is 1. The topological polar surface area (TPSA) is 42.1 Å². The summed E-state index contributed by atoms with van der Waals surface area (Å²) in [6.45, 7) is 0. The number of halogens is 7. The minimum Gasteiger partial charge on any atom is -0.400 e. The summed E-state index contributed by atoms with van der Waals surface area (Å²) in [5, 5.41) is 0. The number of pyridine rings is 1. The number of ether oxygens (including phenoxy) is 1. The Balaban J connectivity index is 3.36. The van der Waals surface area contributed by atoms with Gasteiger partial charge in [-0.05, 0) is 0 Å². The lowest BCUT2D eigenvalue weighted by Gasteiger charge is -2.13. The molecule has 1 heterocycles. The van der Waals surface area contributed by atoms with Crippen molar-refractivity contribution in [2.45, 2.75) is 18.4 Å². The maximum atomic E-state index is 12.5. The molecule has 0 aliphatic rings. The number of H-pyrrole nitrogens is 1. The molecule has 0 fully saturated rings. The highest BCUT2D eigenvalue weighted by molar-refractivity contribution is 6.17. The first-order chi connectivity index (χ1) is 8.04. The van der Waals surface area contributed by atoms with Gasteiger partial charge >= 0.3 is 12.5 Å². The molecule has 0 atom stereocenters. The fourth-order valence-electron chi connectivity index (χ4n) is 1.11. The van der Waals surface area contributed by atoms with Crippen LogP contribution in [0.2, 0.25) is 0 Å². The van der Waals surface area contributed by atoms with E-state index in [9.17, 15) is 31.1 Å². The van der Waals surface area contributed by atoms with Crippen LogP contribution >= 0.6 is 11.6 Å². The minimum absolute atomic E-state index is 0.0377. The lowest BCUT2D eigenvalue weighted by Crippen LogP contribution is -2.25. The van der Waals surface area contributed by atoms with Gasteiger partial charge in [-0.2, -0.15) is 13.2 Å². The highest BCUT2D eigenvalue weighted by Gasteiger charge is 2.37. The molecular formula is C8H4ClF6NO2. The van der Waals surface area contributed by atoms with Crippen molar-refractivity contribution in [1.29, 1.82) is 0 Å². The molecule has 0 saturated heterocycles. The zero-order chi connectivity index (χ0) is 14.1. The number of aromatic nitrogens is 1. The van der Waals surface area contributed by atoms with Crippen LogP contribution in [0.15, 0.2) is 10.9 Å². The second-order valence-electron chi connectivity index (χ2n) is 3.03. The van der Waals surface area contributed by atoms with Crippen LogP contribution in [0, 0.1) is 0 Å². The normalized spacial score (nSPS) is 12.6. The summed E-state index contributed by atoms with van der Waals surface area (Å²) in [5.41, 5.74) is -3.67. The first kappa shape index (κ1) is 14.7. The molecule has 0 unspecified atom stereocenters. The average molecular weight is 296 g/mol. The summed E-state index contributed by atoms with van der Waals surface area (Å²) in [4.78, 5) is 12.6. The number of rotatable bonds is 2. The zero-order valence-corrected chi connectivity index (χ0v) is 9.00. The Labute approximate surface area is 100 Å².